The van der Waals surface area contributed by atoms with Crippen LogP contribution in [0.5, 0.6) is 0 Å². The first kappa shape index (κ1) is 24.8. The molecule has 2 aliphatic heterocycles. The van der Waals surface area contributed by atoms with Crippen molar-refractivity contribution in [1.82, 2.24) is 15.1 Å². The molecule has 4 aromatic rings. The van der Waals surface area contributed by atoms with Gasteiger partial charge >= 0.3 is 5.97 Å². The van der Waals surface area contributed by atoms with E-state index in [4.69, 9.17) is 9.84 Å². The van der Waals surface area contributed by atoms with E-state index in [0.29, 0.717) is 11.4 Å². The minimum Gasteiger partial charge on any atom is -0.468 e. The molecule has 0 bridgehead atoms. The predicted octanol–water partition coefficient (Wildman–Crippen LogP) is 4.23. The molecule has 1 N–H and O–H groups in total. The van der Waals surface area contributed by atoms with Gasteiger partial charge in [-0.2, -0.15) is 5.10 Å². The number of aryl methyl sites for hydroxylation is 1. The number of imide groups is 1. The predicted molar refractivity (Wildman–Crippen MR) is 146 cm³/mol. The number of hydrogen-bond acceptors (Lipinski definition) is 6. The summed E-state index contributed by atoms with van der Waals surface area (Å²) in [7, 11) is 1.29. The number of amides is 2. The van der Waals surface area contributed by atoms with Crippen LogP contribution < -0.4 is 10.2 Å². The van der Waals surface area contributed by atoms with Gasteiger partial charge in [-0.3, -0.25) is 19.7 Å². The van der Waals surface area contributed by atoms with Gasteiger partial charge in [0.15, 0.2) is 0 Å². The molecule has 0 aliphatic carbocycles. The maximum Gasteiger partial charge on any atom is 0.326 e. The lowest BCUT2D eigenvalue weighted by Crippen LogP contribution is -2.54. The van der Waals surface area contributed by atoms with Crippen molar-refractivity contribution in [3.05, 3.63) is 102 Å². The second-order valence-electron chi connectivity index (χ2n) is 10.2. The number of para-hydroxylation sites is 1. The third-order valence-electron chi connectivity index (χ3n) is 7.83. The number of anilines is 1. The molecular weight excluding hydrogens is 492 g/mol. The summed E-state index contributed by atoms with van der Waals surface area (Å²) in [5.41, 5.74) is 3.18. The monoisotopic (exact) mass is 520 g/mol. The van der Waals surface area contributed by atoms with E-state index in [1.54, 1.807) is 23.7 Å². The molecule has 0 spiro atoms. The summed E-state index contributed by atoms with van der Waals surface area (Å²) in [5.74, 6) is -3.16. The second kappa shape index (κ2) is 9.32. The van der Waals surface area contributed by atoms with Crippen LogP contribution in [0.4, 0.5) is 5.69 Å². The zero-order valence-corrected chi connectivity index (χ0v) is 21.9. The van der Waals surface area contributed by atoms with Gasteiger partial charge in [0, 0.05) is 23.4 Å². The molecule has 3 heterocycles. The highest BCUT2D eigenvalue weighted by molar-refractivity contribution is 6.24. The number of esters is 1. The molecule has 39 heavy (non-hydrogen) atoms. The first-order valence-electron chi connectivity index (χ1n) is 12.8. The molecule has 4 atom stereocenters. The van der Waals surface area contributed by atoms with E-state index in [0.717, 1.165) is 22.4 Å². The fourth-order valence-electron chi connectivity index (χ4n) is 5.90. The maximum atomic E-state index is 14.1. The number of fused-ring (bicyclic) bond motifs is 1. The molecule has 0 radical (unpaired) electrons. The maximum absolute atomic E-state index is 14.1. The van der Waals surface area contributed by atoms with Crippen LogP contribution in [0.25, 0.3) is 16.9 Å². The molecule has 2 saturated heterocycles. The Labute approximate surface area is 226 Å². The standard InChI is InChI=1S/C31H28N4O4/c1-19-14-16-22(17-15-19)35-28(36)24-25(29(35)37)31(2,30(38)39-3)32-27(24)23-18-34(21-12-8-5-9-13-21)33-26(23)20-10-6-4-7-11-20/h4-18,24-25,27,32H,1-3H3/t24-,25-,27-,31-/m1/s1. The number of nitrogens with one attached hydrogen (secondary N) is 1. The molecule has 3 aromatic carbocycles. The van der Waals surface area contributed by atoms with Gasteiger partial charge in [-0.15, -0.1) is 0 Å². The molecule has 2 fully saturated rings. The highest BCUT2D eigenvalue weighted by atomic mass is 16.5. The lowest BCUT2D eigenvalue weighted by Gasteiger charge is -2.28. The third kappa shape index (κ3) is 3.87. The lowest BCUT2D eigenvalue weighted by atomic mass is 9.80. The highest BCUT2D eigenvalue weighted by Gasteiger charge is 2.67. The van der Waals surface area contributed by atoms with Crippen LogP contribution in [-0.4, -0.2) is 40.2 Å². The number of hydrogen-bond donors (Lipinski definition) is 1. The van der Waals surface area contributed by atoms with Crippen molar-refractivity contribution in [2.75, 3.05) is 12.0 Å². The van der Waals surface area contributed by atoms with Crippen molar-refractivity contribution < 1.29 is 19.1 Å². The van der Waals surface area contributed by atoms with Gasteiger partial charge in [0.25, 0.3) is 0 Å². The molecule has 2 amide bonds. The topological polar surface area (TPSA) is 93.5 Å². The van der Waals surface area contributed by atoms with Gasteiger partial charge in [0.2, 0.25) is 11.8 Å². The van der Waals surface area contributed by atoms with Crippen molar-refractivity contribution >= 4 is 23.5 Å². The van der Waals surface area contributed by atoms with Gasteiger partial charge in [-0.1, -0.05) is 66.2 Å². The first-order chi connectivity index (χ1) is 18.8. The van der Waals surface area contributed by atoms with Crippen molar-refractivity contribution in [2.45, 2.75) is 25.4 Å². The minimum absolute atomic E-state index is 0.356. The number of aromatic nitrogens is 2. The zero-order valence-electron chi connectivity index (χ0n) is 21.9. The van der Waals surface area contributed by atoms with E-state index in [2.05, 4.69) is 5.32 Å². The van der Waals surface area contributed by atoms with Crippen LogP contribution >= 0.6 is 0 Å². The highest BCUT2D eigenvalue weighted by Crippen LogP contribution is 2.51. The number of benzene rings is 3. The average Bonchev–Trinajstić information content (AvgIpc) is 3.62. The molecule has 196 valence electrons. The number of rotatable bonds is 5. The zero-order chi connectivity index (χ0) is 27.3. The molecule has 0 unspecified atom stereocenters. The van der Waals surface area contributed by atoms with E-state index in [-0.39, 0.29) is 5.91 Å². The van der Waals surface area contributed by atoms with E-state index in [1.165, 1.54) is 12.0 Å². The molecule has 8 heteroatoms. The van der Waals surface area contributed by atoms with Crippen LogP contribution in [-0.2, 0) is 19.1 Å². The fraction of sp³-hybridized carbons (Fsp3) is 0.226. The molecule has 0 saturated carbocycles. The Morgan fingerprint density at radius 2 is 1.54 bits per heavy atom. The smallest absolute Gasteiger partial charge is 0.326 e. The summed E-state index contributed by atoms with van der Waals surface area (Å²) >= 11 is 0. The SMILES string of the molecule is COC(=O)[C@]1(C)N[C@H](c2cn(-c3ccccc3)nc2-c2ccccc2)[C@@H]2C(=O)N(c3ccc(C)cc3)C(=O)[C@@H]21. The summed E-state index contributed by atoms with van der Waals surface area (Å²) in [4.78, 5) is 42.4. The van der Waals surface area contributed by atoms with Crippen LogP contribution in [0.1, 0.15) is 24.1 Å². The summed E-state index contributed by atoms with van der Waals surface area (Å²) in [5, 5.41) is 8.26. The Balaban J connectivity index is 1.52. The Morgan fingerprint density at radius 1 is 0.897 bits per heavy atom. The molecule has 6 rings (SSSR count). The molecule has 2 aliphatic rings. The van der Waals surface area contributed by atoms with E-state index >= 15 is 0 Å². The van der Waals surface area contributed by atoms with E-state index in [9.17, 15) is 14.4 Å². The quantitative estimate of drug-likeness (QED) is 0.313. The van der Waals surface area contributed by atoms with Gasteiger partial charge < -0.3 is 4.74 Å². The summed E-state index contributed by atoms with van der Waals surface area (Å²) < 4.78 is 6.92. The number of nitrogens with zero attached hydrogens (tertiary/aromatic N) is 3. The van der Waals surface area contributed by atoms with Crippen molar-refractivity contribution in [3.8, 4) is 16.9 Å². The van der Waals surface area contributed by atoms with Gasteiger partial charge in [-0.25, -0.2) is 9.58 Å². The van der Waals surface area contributed by atoms with Crippen molar-refractivity contribution in [2.24, 2.45) is 11.8 Å². The van der Waals surface area contributed by atoms with Crippen LogP contribution in [0.3, 0.4) is 0 Å². The lowest BCUT2D eigenvalue weighted by molar-refractivity contribution is -0.151. The normalized spacial score (nSPS) is 24.2. The van der Waals surface area contributed by atoms with Gasteiger partial charge in [0.05, 0.1) is 36.0 Å². The Morgan fingerprint density at radius 3 is 2.18 bits per heavy atom. The Bertz CT molecular complexity index is 1570. The number of carbonyl (C=O) groups is 3. The van der Waals surface area contributed by atoms with E-state index < -0.39 is 35.3 Å². The number of ether oxygens (including phenoxy) is 1. The summed E-state index contributed by atoms with van der Waals surface area (Å²) in [6, 6.07) is 25.9. The molecule has 8 nitrogen and oxygen atoms in total. The van der Waals surface area contributed by atoms with Crippen LogP contribution in [0, 0.1) is 18.8 Å². The van der Waals surface area contributed by atoms with Gasteiger partial charge in [-0.05, 0) is 38.1 Å². The number of methoxy groups -OCH3 is 1. The first-order valence-corrected chi connectivity index (χ1v) is 12.8. The largest absolute Gasteiger partial charge is 0.468 e. The molecular formula is C31H28N4O4. The van der Waals surface area contributed by atoms with Crippen molar-refractivity contribution in [3.63, 3.8) is 0 Å². The van der Waals surface area contributed by atoms with Crippen LogP contribution in [0.15, 0.2) is 91.1 Å². The van der Waals surface area contributed by atoms with Crippen LogP contribution in [0.2, 0.25) is 0 Å². The Hall–Kier alpha value is -4.56. The fourth-order valence-corrected chi connectivity index (χ4v) is 5.90. The summed E-state index contributed by atoms with van der Waals surface area (Å²) in [6.07, 6.45) is 1.88. The van der Waals surface area contributed by atoms with Crippen molar-refractivity contribution in [1.29, 1.82) is 0 Å². The average molecular weight is 521 g/mol. The third-order valence-corrected chi connectivity index (χ3v) is 7.83. The number of carbonyl (C=O) groups excluding carboxylic acids is 3. The minimum atomic E-state index is -1.42. The molecule has 1 aromatic heterocycles. The second-order valence-corrected chi connectivity index (χ2v) is 10.2. The Kier molecular flexibility index (Phi) is 5.92. The summed E-state index contributed by atoms with van der Waals surface area (Å²) in [6.45, 7) is 3.58. The van der Waals surface area contributed by atoms with E-state index in [1.807, 2.05) is 85.9 Å². The van der Waals surface area contributed by atoms with Gasteiger partial charge in [0.1, 0.15) is 5.54 Å².